The van der Waals surface area contributed by atoms with Gasteiger partial charge in [-0.2, -0.15) is 0 Å². The zero-order valence-corrected chi connectivity index (χ0v) is 24.1. The average molecular weight is 547 g/mol. The lowest BCUT2D eigenvalue weighted by Gasteiger charge is -2.47. The summed E-state index contributed by atoms with van der Waals surface area (Å²) in [6.07, 6.45) is 2.18. The summed E-state index contributed by atoms with van der Waals surface area (Å²) in [7, 11) is 1.55. The number of carbonyl (C=O) groups excluding carboxylic acids is 2. The lowest BCUT2D eigenvalue weighted by Crippen LogP contribution is -2.59. The van der Waals surface area contributed by atoms with Gasteiger partial charge in [-0.3, -0.25) is 9.80 Å². The fourth-order valence-corrected chi connectivity index (χ4v) is 5.33. The Morgan fingerprint density at radius 3 is 2.41 bits per heavy atom. The van der Waals surface area contributed by atoms with E-state index in [9.17, 15) is 14.7 Å². The SMILES string of the molecule is C=CCOC(=O)N1C(CO)Cc2cc(C)c(OC)c(OCC=C)c2C1C1COC(C)(C)N1C(=O)OC(C)(C)C. The van der Waals surface area contributed by atoms with Crippen LogP contribution in [-0.4, -0.2) is 84.0 Å². The molecule has 1 saturated heterocycles. The number of rotatable bonds is 8. The molecule has 216 valence electrons. The van der Waals surface area contributed by atoms with E-state index in [0.717, 1.165) is 11.1 Å². The smallest absolute Gasteiger partial charge is 0.412 e. The molecule has 39 heavy (non-hydrogen) atoms. The zero-order valence-electron chi connectivity index (χ0n) is 24.1. The third-order valence-electron chi connectivity index (χ3n) is 6.76. The van der Waals surface area contributed by atoms with Crippen molar-refractivity contribution in [3.05, 3.63) is 48.1 Å². The molecule has 10 nitrogen and oxygen atoms in total. The number of benzene rings is 1. The summed E-state index contributed by atoms with van der Waals surface area (Å²) in [4.78, 5) is 30.2. The van der Waals surface area contributed by atoms with Crippen molar-refractivity contribution in [1.82, 2.24) is 9.80 Å². The normalized spacial score (nSPS) is 22.1. The summed E-state index contributed by atoms with van der Waals surface area (Å²) < 4.78 is 29.3. The van der Waals surface area contributed by atoms with Crippen molar-refractivity contribution < 1.29 is 38.4 Å². The first-order valence-corrected chi connectivity index (χ1v) is 13.1. The molecule has 2 aliphatic heterocycles. The van der Waals surface area contributed by atoms with Gasteiger partial charge < -0.3 is 28.8 Å². The predicted octanol–water partition coefficient (Wildman–Crippen LogP) is 4.52. The van der Waals surface area contributed by atoms with Crippen LogP contribution >= 0.6 is 0 Å². The third kappa shape index (κ3) is 6.17. The van der Waals surface area contributed by atoms with Crippen molar-refractivity contribution in [2.24, 2.45) is 0 Å². The molecule has 1 fully saturated rings. The molecule has 10 heteroatoms. The molecule has 1 aromatic rings. The fourth-order valence-electron chi connectivity index (χ4n) is 5.33. The van der Waals surface area contributed by atoms with Gasteiger partial charge in [0, 0.05) is 5.56 Å². The van der Waals surface area contributed by atoms with Gasteiger partial charge in [0.25, 0.3) is 0 Å². The number of methoxy groups -OCH3 is 1. The number of ether oxygens (including phenoxy) is 5. The minimum Gasteiger partial charge on any atom is -0.493 e. The maximum Gasteiger partial charge on any atom is 0.412 e. The Hall–Kier alpha value is -3.24. The van der Waals surface area contributed by atoms with Crippen LogP contribution in [0.1, 0.15) is 57.4 Å². The van der Waals surface area contributed by atoms with Crippen LogP contribution in [0.25, 0.3) is 0 Å². The second-order valence-electron chi connectivity index (χ2n) is 11.2. The summed E-state index contributed by atoms with van der Waals surface area (Å²) in [5.41, 5.74) is 0.532. The first-order valence-electron chi connectivity index (χ1n) is 13.1. The van der Waals surface area contributed by atoms with Crippen LogP contribution in [-0.2, 0) is 20.6 Å². The molecule has 2 heterocycles. The molecular formula is C29H42N2O8. The monoisotopic (exact) mass is 546 g/mol. The topological polar surface area (TPSA) is 107 Å². The van der Waals surface area contributed by atoms with Crippen LogP contribution in [0.15, 0.2) is 31.4 Å². The highest BCUT2D eigenvalue weighted by molar-refractivity contribution is 5.73. The molecule has 3 rings (SSSR count). The van der Waals surface area contributed by atoms with Crippen LogP contribution < -0.4 is 9.47 Å². The zero-order chi connectivity index (χ0) is 29.1. The van der Waals surface area contributed by atoms with Gasteiger partial charge in [0.15, 0.2) is 11.5 Å². The van der Waals surface area contributed by atoms with Gasteiger partial charge in [-0.25, -0.2) is 9.59 Å². The number of aliphatic hydroxyl groups is 1. The van der Waals surface area contributed by atoms with Gasteiger partial charge in [0.05, 0.1) is 38.4 Å². The second-order valence-corrected chi connectivity index (χ2v) is 11.2. The number of aliphatic hydroxyl groups excluding tert-OH is 1. The van der Waals surface area contributed by atoms with Gasteiger partial charge in [-0.1, -0.05) is 31.4 Å². The average Bonchev–Trinajstić information content (AvgIpc) is 3.17. The molecule has 0 saturated carbocycles. The number of amides is 2. The Morgan fingerprint density at radius 2 is 1.85 bits per heavy atom. The fraction of sp³-hybridized carbons (Fsp3) is 0.586. The number of aryl methyl sites for hydroxylation is 1. The molecule has 2 aliphatic rings. The molecule has 2 amide bonds. The van der Waals surface area contributed by atoms with Crippen LogP contribution in [0.5, 0.6) is 11.5 Å². The number of hydrogen-bond donors (Lipinski definition) is 1. The Kier molecular flexibility index (Phi) is 9.23. The van der Waals surface area contributed by atoms with Crippen LogP contribution in [0.2, 0.25) is 0 Å². The van der Waals surface area contributed by atoms with E-state index in [2.05, 4.69) is 13.2 Å². The predicted molar refractivity (Wildman–Crippen MR) is 146 cm³/mol. The quantitative estimate of drug-likeness (QED) is 0.474. The standard InChI is InChI=1S/C29H42N2O8/c1-10-12-36-25-22-19(14-18(3)24(25)35-9)15-20(16-32)30(26(33)37-13-11-2)23(22)21-17-38-29(7,8)31(21)27(34)39-28(4,5)6/h10-11,14,20-21,23,32H,1-2,12-13,15-17H2,3-9H3. The summed E-state index contributed by atoms with van der Waals surface area (Å²) >= 11 is 0. The van der Waals surface area contributed by atoms with E-state index in [1.807, 2.05) is 13.0 Å². The first-order chi connectivity index (χ1) is 18.3. The van der Waals surface area contributed by atoms with Crippen molar-refractivity contribution in [3.63, 3.8) is 0 Å². The Bertz CT molecular complexity index is 1090. The Labute approximate surface area is 231 Å². The van der Waals surface area contributed by atoms with Gasteiger partial charge in [0.1, 0.15) is 24.5 Å². The third-order valence-corrected chi connectivity index (χ3v) is 6.76. The second kappa shape index (κ2) is 11.9. The molecule has 3 unspecified atom stereocenters. The van der Waals surface area contributed by atoms with Gasteiger partial charge in [0.2, 0.25) is 0 Å². The van der Waals surface area contributed by atoms with Crippen LogP contribution in [0.4, 0.5) is 9.59 Å². The van der Waals surface area contributed by atoms with E-state index in [4.69, 9.17) is 23.7 Å². The van der Waals surface area contributed by atoms with Crippen molar-refractivity contribution in [2.45, 2.75) is 77.4 Å². The van der Waals surface area contributed by atoms with Crippen LogP contribution in [0, 0.1) is 6.92 Å². The minimum absolute atomic E-state index is 0.0213. The van der Waals surface area contributed by atoms with E-state index in [1.165, 1.54) is 15.9 Å². The number of carbonyl (C=O) groups is 2. The molecule has 0 spiro atoms. The molecule has 1 aromatic carbocycles. The number of fused-ring (bicyclic) bond motifs is 1. The Balaban J connectivity index is 2.31. The Morgan fingerprint density at radius 1 is 1.18 bits per heavy atom. The number of nitrogens with zero attached hydrogens (tertiary/aromatic N) is 2. The highest BCUT2D eigenvalue weighted by atomic mass is 16.6. The van der Waals surface area contributed by atoms with Crippen molar-refractivity contribution in [3.8, 4) is 11.5 Å². The summed E-state index contributed by atoms with van der Waals surface area (Å²) in [5.74, 6) is 0.939. The highest BCUT2D eigenvalue weighted by Gasteiger charge is 2.54. The lowest BCUT2D eigenvalue weighted by molar-refractivity contribution is -0.0675. The molecule has 0 radical (unpaired) electrons. The van der Waals surface area contributed by atoms with E-state index in [0.29, 0.717) is 23.5 Å². The van der Waals surface area contributed by atoms with Crippen molar-refractivity contribution >= 4 is 12.2 Å². The van der Waals surface area contributed by atoms with Crippen LogP contribution in [0.3, 0.4) is 0 Å². The molecule has 0 aliphatic carbocycles. The summed E-state index contributed by atoms with van der Waals surface area (Å²) in [5, 5.41) is 10.5. The van der Waals surface area contributed by atoms with Crippen molar-refractivity contribution in [2.75, 3.05) is 33.5 Å². The largest absolute Gasteiger partial charge is 0.493 e. The van der Waals surface area contributed by atoms with E-state index in [-0.39, 0.29) is 26.4 Å². The van der Waals surface area contributed by atoms with E-state index >= 15 is 0 Å². The molecule has 0 bridgehead atoms. The maximum absolute atomic E-state index is 13.6. The van der Waals surface area contributed by atoms with Crippen molar-refractivity contribution in [1.29, 1.82) is 0 Å². The molecule has 0 aromatic heterocycles. The minimum atomic E-state index is -1.05. The summed E-state index contributed by atoms with van der Waals surface area (Å²) in [6, 6.07) is -0.205. The van der Waals surface area contributed by atoms with Gasteiger partial charge >= 0.3 is 12.2 Å². The summed E-state index contributed by atoms with van der Waals surface area (Å²) in [6.45, 7) is 18.2. The molecular weight excluding hydrogens is 504 g/mol. The molecule has 1 N–H and O–H groups in total. The van der Waals surface area contributed by atoms with Gasteiger partial charge in [-0.05, 0) is 59.1 Å². The maximum atomic E-state index is 13.6. The van der Waals surface area contributed by atoms with E-state index in [1.54, 1.807) is 47.8 Å². The first kappa shape index (κ1) is 30.3. The lowest BCUT2D eigenvalue weighted by atomic mass is 9.82. The van der Waals surface area contributed by atoms with Gasteiger partial charge in [-0.15, -0.1) is 0 Å². The highest BCUT2D eigenvalue weighted by Crippen LogP contribution is 2.50. The van der Waals surface area contributed by atoms with E-state index < -0.39 is 41.6 Å². The number of hydrogen-bond acceptors (Lipinski definition) is 8. The molecule has 3 atom stereocenters.